The van der Waals surface area contributed by atoms with E-state index in [-0.39, 0.29) is 5.56 Å². The lowest BCUT2D eigenvalue weighted by molar-refractivity contribution is 0.293. The first-order chi connectivity index (χ1) is 15.7. The molecule has 0 atom stereocenters. The SMILES string of the molecule is Cn1nc(Oc2ccc(OCc3ccccc3)nc2)c2scc(-c3ccncc3)c2c1=O. The van der Waals surface area contributed by atoms with Crippen LogP contribution in [0.5, 0.6) is 17.5 Å². The minimum Gasteiger partial charge on any atom is -0.473 e. The highest BCUT2D eigenvalue weighted by molar-refractivity contribution is 7.18. The second kappa shape index (κ2) is 8.60. The van der Waals surface area contributed by atoms with E-state index in [4.69, 9.17) is 9.47 Å². The third kappa shape index (κ3) is 3.95. The van der Waals surface area contributed by atoms with Crippen LogP contribution < -0.4 is 15.0 Å². The monoisotopic (exact) mass is 442 g/mol. The van der Waals surface area contributed by atoms with E-state index in [1.807, 2.05) is 47.8 Å². The summed E-state index contributed by atoms with van der Waals surface area (Å²) in [7, 11) is 1.61. The van der Waals surface area contributed by atoms with E-state index in [9.17, 15) is 4.79 Å². The van der Waals surface area contributed by atoms with Gasteiger partial charge in [0.1, 0.15) is 17.1 Å². The van der Waals surface area contributed by atoms with E-state index in [0.29, 0.717) is 34.2 Å². The number of aryl methyl sites for hydroxylation is 1. The quantitative estimate of drug-likeness (QED) is 0.375. The first-order valence-electron chi connectivity index (χ1n) is 9.88. The van der Waals surface area contributed by atoms with Crippen molar-refractivity contribution < 1.29 is 9.47 Å². The summed E-state index contributed by atoms with van der Waals surface area (Å²) < 4.78 is 13.7. The second-order valence-electron chi connectivity index (χ2n) is 7.03. The molecule has 0 aliphatic heterocycles. The molecule has 0 bridgehead atoms. The van der Waals surface area contributed by atoms with Crippen LogP contribution in [0.15, 0.2) is 83.4 Å². The summed E-state index contributed by atoms with van der Waals surface area (Å²) in [5.74, 6) is 1.35. The van der Waals surface area contributed by atoms with Crippen molar-refractivity contribution in [2.24, 2.45) is 7.05 Å². The van der Waals surface area contributed by atoms with Crippen molar-refractivity contribution >= 4 is 21.4 Å². The van der Waals surface area contributed by atoms with Crippen LogP contribution in [0, 0.1) is 0 Å². The fraction of sp³-hybridized carbons (Fsp3) is 0.0833. The molecule has 4 heterocycles. The van der Waals surface area contributed by atoms with Crippen LogP contribution in [0.4, 0.5) is 0 Å². The van der Waals surface area contributed by atoms with Crippen LogP contribution >= 0.6 is 11.3 Å². The molecule has 5 rings (SSSR count). The summed E-state index contributed by atoms with van der Waals surface area (Å²) in [6.07, 6.45) is 4.99. The molecule has 0 saturated heterocycles. The van der Waals surface area contributed by atoms with Gasteiger partial charge in [-0.2, -0.15) is 0 Å². The highest BCUT2D eigenvalue weighted by Crippen LogP contribution is 2.37. The maximum absolute atomic E-state index is 12.8. The topological polar surface area (TPSA) is 79.1 Å². The van der Waals surface area contributed by atoms with Crippen LogP contribution in [0.25, 0.3) is 21.2 Å². The van der Waals surface area contributed by atoms with Gasteiger partial charge in [-0.15, -0.1) is 16.4 Å². The van der Waals surface area contributed by atoms with E-state index in [1.54, 1.807) is 37.8 Å². The molecular weight excluding hydrogens is 424 g/mol. The number of thiophene rings is 1. The average molecular weight is 443 g/mol. The molecule has 0 N–H and O–H groups in total. The third-order valence-corrected chi connectivity index (χ3v) is 5.85. The Morgan fingerprint density at radius 1 is 1.03 bits per heavy atom. The van der Waals surface area contributed by atoms with E-state index in [0.717, 1.165) is 16.7 Å². The largest absolute Gasteiger partial charge is 0.473 e. The molecule has 5 aromatic rings. The molecule has 0 saturated carbocycles. The van der Waals surface area contributed by atoms with Crippen LogP contribution in [0.3, 0.4) is 0 Å². The van der Waals surface area contributed by atoms with Crippen LogP contribution in [0.1, 0.15) is 5.56 Å². The van der Waals surface area contributed by atoms with Gasteiger partial charge in [0.15, 0.2) is 0 Å². The summed E-state index contributed by atoms with van der Waals surface area (Å²) in [6, 6.07) is 17.2. The Balaban J connectivity index is 1.41. The van der Waals surface area contributed by atoms with Crippen molar-refractivity contribution in [3.05, 3.63) is 94.5 Å². The van der Waals surface area contributed by atoms with E-state index >= 15 is 0 Å². The minimum atomic E-state index is -0.178. The Morgan fingerprint density at radius 2 is 1.84 bits per heavy atom. The Bertz CT molecular complexity index is 1420. The molecule has 0 fully saturated rings. The molecule has 7 nitrogen and oxygen atoms in total. The normalized spacial score (nSPS) is 10.9. The average Bonchev–Trinajstić information content (AvgIpc) is 3.29. The fourth-order valence-electron chi connectivity index (χ4n) is 3.28. The Hall–Kier alpha value is -4.04. The minimum absolute atomic E-state index is 0.178. The number of benzene rings is 1. The van der Waals surface area contributed by atoms with Crippen molar-refractivity contribution in [3.8, 4) is 28.6 Å². The van der Waals surface area contributed by atoms with Crippen molar-refractivity contribution in [2.75, 3.05) is 0 Å². The van der Waals surface area contributed by atoms with Gasteiger partial charge in [-0.25, -0.2) is 9.67 Å². The molecule has 8 heteroatoms. The number of fused-ring (bicyclic) bond motifs is 1. The van der Waals surface area contributed by atoms with Gasteiger partial charge in [-0.05, 0) is 29.3 Å². The summed E-state index contributed by atoms with van der Waals surface area (Å²) >= 11 is 1.42. The highest BCUT2D eigenvalue weighted by atomic mass is 32.1. The molecule has 32 heavy (non-hydrogen) atoms. The molecular formula is C24H18N4O3S. The molecule has 0 aliphatic carbocycles. The number of aromatic nitrogens is 4. The van der Waals surface area contributed by atoms with Crippen LogP contribution in [0.2, 0.25) is 0 Å². The van der Waals surface area contributed by atoms with Gasteiger partial charge in [-0.3, -0.25) is 9.78 Å². The van der Waals surface area contributed by atoms with Crippen molar-refractivity contribution in [3.63, 3.8) is 0 Å². The third-order valence-electron chi connectivity index (χ3n) is 4.88. The van der Waals surface area contributed by atoms with Crippen molar-refractivity contribution in [1.29, 1.82) is 0 Å². The molecule has 0 spiro atoms. The molecule has 158 valence electrons. The lowest BCUT2D eigenvalue weighted by atomic mass is 10.1. The molecule has 0 radical (unpaired) electrons. The molecule has 0 aliphatic rings. The van der Waals surface area contributed by atoms with Gasteiger partial charge in [0.05, 0.1) is 11.6 Å². The summed E-state index contributed by atoms with van der Waals surface area (Å²) in [5.41, 5.74) is 2.64. The Morgan fingerprint density at radius 3 is 2.59 bits per heavy atom. The lowest BCUT2D eigenvalue weighted by Gasteiger charge is -2.09. The van der Waals surface area contributed by atoms with Gasteiger partial charge in [0.25, 0.3) is 11.4 Å². The summed E-state index contributed by atoms with van der Waals surface area (Å²) in [6.45, 7) is 0.435. The van der Waals surface area contributed by atoms with Crippen molar-refractivity contribution in [1.82, 2.24) is 19.7 Å². The van der Waals surface area contributed by atoms with Gasteiger partial charge < -0.3 is 9.47 Å². The van der Waals surface area contributed by atoms with Gasteiger partial charge in [0.2, 0.25) is 5.88 Å². The van der Waals surface area contributed by atoms with Crippen LogP contribution in [-0.2, 0) is 13.7 Å². The van der Waals surface area contributed by atoms with Gasteiger partial charge in [-0.1, -0.05) is 30.3 Å². The lowest BCUT2D eigenvalue weighted by Crippen LogP contribution is -2.19. The number of pyridine rings is 2. The first kappa shape index (κ1) is 19.9. The van der Waals surface area contributed by atoms with Crippen molar-refractivity contribution in [2.45, 2.75) is 6.61 Å². The van der Waals surface area contributed by atoms with E-state index < -0.39 is 0 Å². The zero-order valence-corrected chi connectivity index (χ0v) is 18.0. The highest BCUT2D eigenvalue weighted by Gasteiger charge is 2.18. The maximum atomic E-state index is 12.8. The fourth-order valence-corrected chi connectivity index (χ4v) is 4.27. The van der Waals surface area contributed by atoms with E-state index in [1.165, 1.54) is 16.0 Å². The zero-order valence-electron chi connectivity index (χ0n) is 17.1. The molecule has 0 unspecified atom stereocenters. The number of hydrogen-bond donors (Lipinski definition) is 0. The smallest absolute Gasteiger partial charge is 0.276 e. The second-order valence-corrected chi connectivity index (χ2v) is 7.91. The number of rotatable bonds is 6. The van der Waals surface area contributed by atoms with Crippen LogP contribution in [-0.4, -0.2) is 19.7 Å². The Labute approximate surface area is 187 Å². The maximum Gasteiger partial charge on any atom is 0.276 e. The Kier molecular flexibility index (Phi) is 5.35. The standard InChI is InChI=1S/C24H18N4O3S/c1-28-24(29)21-19(17-9-11-25-12-10-17)15-32-22(21)23(27-28)31-18-7-8-20(26-13-18)30-14-16-5-3-2-4-6-16/h2-13,15H,14H2,1H3. The number of nitrogens with zero attached hydrogens (tertiary/aromatic N) is 4. The van der Waals surface area contributed by atoms with E-state index in [2.05, 4.69) is 15.1 Å². The molecule has 0 amide bonds. The zero-order chi connectivity index (χ0) is 21.9. The first-order valence-corrected chi connectivity index (χ1v) is 10.8. The van der Waals surface area contributed by atoms with Gasteiger partial charge in [0, 0.05) is 36.5 Å². The van der Waals surface area contributed by atoms with Gasteiger partial charge >= 0.3 is 0 Å². The molecule has 4 aromatic heterocycles. The summed E-state index contributed by atoms with van der Waals surface area (Å²) in [5, 5.41) is 6.84. The predicted molar refractivity (Wildman–Crippen MR) is 123 cm³/mol. The predicted octanol–water partition coefficient (Wildman–Crippen LogP) is 4.82. The number of hydrogen-bond acceptors (Lipinski definition) is 7. The molecule has 1 aromatic carbocycles. The summed E-state index contributed by atoms with van der Waals surface area (Å²) in [4.78, 5) is 21.2. The number of ether oxygens (including phenoxy) is 2.